The first-order chi connectivity index (χ1) is 13.1. The van der Waals surface area contributed by atoms with Crippen LogP contribution in [-0.2, 0) is 16.6 Å². The van der Waals surface area contributed by atoms with Gasteiger partial charge in [0.1, 0.15) is 5.75 Å². The minimum Gasteiger partial charge on any atom is -0.493 e. The zero-order valence-corrected chi connectivity index (χ0v) is 16.2. The average Bonchev–Trinajstić information content (AvgIpc) is 3.22. The smallest absolute Gasteiger partial charge is 0.240 e. The number of benzene rings is 2. The van der Waals surface area contributed by atoms with E-state index in [-0.39, 0.29) is 11.4 Å². The number of nitrogens with one attached hydrogen (secondary N) is 1. The van der Waals surface area contributed by atoms with E-state index in [0.717, 1.165) is 25.1 Å². The monoisotopic (exact) mass is 386 g/mol. The van der Waals surface area contributed by atoms with Crippen molar-refractivity contribution >= 4 is 15.7 Å². The van der Waals surface area contributed by atoms with E-state index >= 15 is 0 Å². The van der Waals surface area contributed by atoms with Crippen LogP contribution in [0.4, 0.5) is 5.69 Å². The van der Waals surface area contributed by atoms with E-state index in [1.165, 1.54) is 18.5 Å². The number of nitrogens with zero attached hydrogens (tertiary/aromatic N) is 1. The lowest BCUT2D eigenvalue weighted by Crippen LogP contribution is -2.23. The van der Waals surface area contributed by atoms with Gasteiger partial charge in [0.15, 0.2) is 0 Å². The summed E-state index contributed by atoms with van der Waals surface area (Å²) in [6.45, 7) is 6.62. The van der Waals surface area contributed by atoms with Crippen LogP contribution in [0.5, 0.6) is 5.75 Å². The molecular weight excluding hydrogens is 360 g/mol. The van der Waals surface area contributed by atoms with Gasteiger partial charge in [0.25, 0.3) is 0 Å². The Morgan fingerprint density at radius 3 is 2.33 bits per heavy atom. The van der Waals surface area contributed by atoms with E-state index in [4.69, 9.17) is 4.74 Å². The van der Waals surface area contributed by atoms with E-state index in [9.17, 15) is 8.42 Å². The molecule has 144 valence electrons. The molecule has 1 heterocycles. The first-order valence-corrected chi connectivity index (χ1v) is 10.7. The fraction of sp³-hybridized carbons (Fsp3) is 0.333. The Labute approximate surface area is 161 Å². The number of hydrogen-bond donors (Lipinski definition) is 1. The summed E-state index contributed by atoms with van der Waals surface area (Å²) in [5, 5.41) is 0. The fourth-order valence-corrected chi connectivity index (χ4v) is 4.05. The number of sulfonamides is 1. The summed E-state index contributed by atoms with van der Waals surface area (Å²) in [6.07, 6.45) is 5.00. The average molecular weight is 387 g/mol. The van der Waals surface area contributed by atoms with E-state index < -0.39 is 10.0 Å². The molecule has 0 radical (unpaired) electrons. The molecule has 5 nitrogen and oxygen atoms in total. The van der Waals surface area contributed by atoms with Crippen molar-refractivity contribution in [3.8, 4) is 5.75 Å². The second kappa shape index (κ2) is 9.06. The molecule has 0 aromatic heterocycles. The third kappa shape index (κ3) is 5.34. The van der Waals surface area contributed by atoms with E-state index in [0.29, 0.717) is 12.4 Å². The molecule has 2 aromatic rings. The molecule has 2 aromatic carbocycles. The lowest BCUT2D eigenvalue weighted by molar-refractivity contribution is 0.325. The lowest BCUT2D eigenvalue weighted by Gasteiger charge is -2.17. The van der Waals surface area contributed by atoms with E-state index in [2.05, 4.69) is 28.3 Å². The minimum absolute atomic E-state index is 0.229. The molecule has 1 fully saturated rings. The summed E-state index contributed by atoms with van der Waals surface area (Å²) < 4.78 is 33.1. The molecular formula is C21H26N2O3S. The number of anilines is 1. The van der Waals surface area contributed by atoms with Gasteiger partial charge in [-0.25, -0.2) is 13.1 Å². The minimum atomic E-state index is -3.56. The SMILES string of the molecule is C=CCCOc1ccc(S(=O)(=O)NCc2ccc(N3CCCC3)cc2)cc1. The maximum atomic E-state index is 12.5. The zero-order chi connectivity index (χ0) is 19.1. The molecule has 27 heavy (non-hydrogen) atoms. The lowest BCUT2D eigenvalue weighted by atomic mass is 10.2. The molecule has 1 aliphatic rings. The van der Waals surface area contributed by atoms with Crippen LogP contribution in [0.1, 0.15) is 24.8 Å². The van der Waals surface area contributed by atoms with Crippen molar-refractivity contribution in [1.29, 1.82) is 0 Å². The summed E-state index contributed by atoms with van der Waals surface area (Å²) in [5.41, 5.74) is 2.14. The van der Waals surface area contributed by atoms with Crippen molar-refractivity contribution in [2.75, 3.05) is 24.6 Å². The standard InChI is InChI=1S/C21H26N2O3S/c1-2-3-16-26-20-10-12-21(13-11-20)27(24,25)22-17-18-6-8-19(9-7-18)23-14-4-5-15-23/h2,6-13,22H,1,3-5,14-17H2. The molecule has 1 aliphatic heterocycles. The Morgan fingerprint density at radius 1 is 1.04 bits per heavy atom. The molecule has 0 spiro atoms. The quantitative estimate of drug-likeness (QED) is 0.527. The van der Waals surface area contributed by atoms with Crippen LogP contribution < -0.4 is 14.4 Å². The van der Waals surface area contributed by atoms with Gasteiger partial charge < -0.3 is 9.64 Å². The van der Waals surface area contributed by atoms with Crippen molar-refractivity contribution in [1.82, 2.24) is 4.72 Å². The predicted octanol–water partition coefficient (Wildman–Crippen LogP) is 3.72. The molecule has 1 saturated heterocycles. The second-order valence-corrected chi connectivity index (χ2v) is 8.35. The zero-order valence-electron chi connectivity index (χ0n) is 15.4. The van der Waals surface area contributed by atoms with Crippen molar-refractivity contribution in [3.05, 3.63) is 66.7 Å². The third-order valence-electron chi connectivity index (χ3n) is 4.60. The van der Waals surface area contributed by atoms with Crippen LogP contribution in [0, 0.1) is 0 Å². The summed E-state index contributed by atoms with van der Waals surface area (Å²) in [4.78, 5) is 2.58. The van der Waals surface area contributed by atoms with Crippen LogP contribution in [0.3, 0.4) is 0 Å². The van der Waals surface area contributed by atoms with Crippen LogP contribution in [0.15, 0.2) is 66.1 Å². The van der Waals surface area contributed by atoms with Crippen LogP contribution in [0.2, 0.25) is 0 Å². The van der Waals surface area contributed by atoms with Crippen LogP contribution in [-0.4, -0.2) is 28.1 Å². The Hall–Kier alpha value is -2.31. The molecule has 6 heteroatoms. The van der Waals surface area contributed by atoms with E-state index in [1.807, 2.05) is 12.1 Å². The van der Waals surface area contributed by atoms with Gasteiger partial charge in [0.05, 0.1) is 11.5 Å². The van der Waals surface area contributed by atoms with Gasteiger partial charge in [0.2, 0.25) is 10.0 Å². The Morgan fingerprint density at radius 2 is 1.70 bits per heavy atom. The number of ether oxygens (including phenoxy) is 1. The van der Waals surface area contributed by atoms with Gasteiger partial charge in [-0.15, -0.1) is 6.58 Å². The Balaban J connectivity index is 1.56. The van der Waals surface area contributed by atoms with Crippen molar-refractivity contribution < 1.29 is 13.2 Å². The molecule has 0 saturated carbocycles. The van der Waals surface area contributed by atoms with Crippen LogP contribution >= 0.6 is 0 Å². The highest BCUT2D eigenvalue weighted by atomic mass is 32.2. The summed E-state index contributed by atoms with van der Waals surface area (Å²) >= 11 is 0. The molecule has 0 unspecified atom stereocenters. The Kier molecular flexibility index (Phi) is 6.53. The number of hydrogen-bond acceptors (Lipinski definition) is 4. The highest BCUT2D eigenvalue weighted by Gasteiger charge is 2.15. The van der Waals surface area contributed by atoms with Gasteiger partial charge in [0, 0.05) is 25.3 Å². The van der Waals surface area contributed by atoms with Crippen LogP contribution in [0.25, 0.3) is 0 Å². The van der Waals surface area contributed by atoms with Gasteiger partial charge >= 0.3 is 0 Å². The molecule has 0 atom stereocenters. The molecule has 0 amide bonds. The fourth-order valence-electron chi connectivity index (χ4n) is 3.04. The molecule has 3 rings (SSSR count). The van der Waals surface area contributed by atoms with Gasteiger partial charge in [-0.2, -0.15) is 0 Å². The van der Waals surface area contributed by atoms with Crippen molar-refractivity contribution in [2.24, 2.45) is 0 Å². The van der Waals surface area contributed by atoms with Gasteiger partial charge in [-0.05, 0) is 61.2 Å². The van der Waals surface area contributed by atoms with Crippen molar-refractivity contribution in [3.63, 3.8) is 0 Å². The summed E-state index contributed by atoms with van der Waals surface area (Å²) in [7, 11) is -3.56. The molecule has 0 bridgehead atoms. The molecule has 1 N–H and O–H groups in total. The highest BCUT2D eigenvalue weighted by molar-refractivity contribution is 7.89. The second-order valence-electron chi connectivity index (χ2n) is 6.58. The topological polar surface area (TPSA) is 58.6 Å². The third-order valence-corrected chi connectivity index (χ3v) is 6.02. The Bertz CT molecular complexity index is 840. The summed E-state index contributed by atoms with van der Waals surface area (Å²) in [6, 6.07) is 14.5. The van der Waals surface area contributed by atoms with Gasteiger partial charge in [-0.1, -0.05) is 18.2 Å². The van der Waals surface area contributed by atoms with Crippen molar-refractivity contribution in [2.45, 2.75) is 30.7 Å². The maximum absolute atomic E-state index is 12.5. The predicted molar refractivity (Wildman–Crippen MR) is 109 cm³/mol. The highest BCUT2D eigenvalue weighted by Crippen LogP contribution is 2.21. The largest absolute Gasteiger partial charge is 0.493 e. The normalized spacial score (nSPS) is 14.3. The summed E-state index contributed by atoms with van der Waals surface area (Å²) in [5.74, 6) is 0.647. The van der Waals surface area contributed by atoms with E-state index in [1.54, 1.807) is 30.3 Å². The first-order valence-electron chi connectivity index (χ1n) is 9.26. The number of rotatable bonds is 9. The van der Waals surface area contributed by atoms with Gasteiger partial charge in [-0.3, -0.25) is 0 Å². The molecule has 0 aliphatic carbocycles. The maximum Gasteiger partial charge on any atom is 0.240 e. The first kappa shape index (κ1) is 19.5.